The van der Waals surface area contributed by atoms with Crippen molar-refractivity contribution in [2.24, 2.45) is 5.92 Å². The van der Waals surface area contributed by atoms with Crippen molar-refractivity contribution in [3.63, 3.8) is 0 Å². The molecular formula is C15H16O. The van der Waals surface area contributed by atoms with Crippen LogP contribution in [0.5, 0.6) is 0 Å². The molecule has 0 radical (unpaired) electrons. The highest BCUT2D eigenvalue weighted by atomic mass is 16.1. The molecule has 1 nitrogen and oxygen atoms in total. The zero-order chi connectivity index (χ0) is 11.1. The summed E-state index contributed by atoms with van der Waals surface area (Å²) in [6.07, 6.45) is 4.20. The van der Waals surface area contributed by atoms with E-state index in [1.165, 1.54) is 29.5 Å². The minimum Gasteiger partial charge on any atom is -0.295 e. The second kappa shape index (κ2) is 3.58. The van der Waals surface area contributed by atoms with Gasteiger partial charge >= 0.3 is 0 Å². The van der Waals surface area contributed by atoms with E-state index in [0.29, 0.717) is 11.7 Å². The summed E-state index contributed by atoms with van der Waals surface area (Å²) in [5.74, 6) is 0.982. The van der Waals surface area contributed by atoms with Crippen LogP contribution in [-0.2, 0) is 11.2 Å². The number of hydrogen-bond donors (Lipinski definition) is 0. The van der Waals surface area contributed by atoms with Crippen molar-refractivity contribution in [2.45, 2.75) is 32.6 Å². The van der Waals surface area contributed by atoms with Crippen LogP contribution in [0.1, 0.15) is 37.3 Å². The first-order valence-corrected chi connectivity index (χ1v) is 6.09. The third kappa shape index (κ3) is 1.35. The van der Waals surface area contributed by atoms with Gasteiger partial charge in [-0.1, -0.05) is 24.3 Å². The molecule has 0 amide bonds. The summed E-state index contributed by atoms with van der Waals surface area (Å²) in [7, 11) is 0. The van der Waals surface area contributed by atoms with Gasteiger partial charge in [-0.2, -0.15) is 0 Å². The Balaban J connectivity index is 2.21. The van der Waals surface area contributed by atoms with E-state index < -0.39 is 0 Å². The Morgan fingerprint density at radius 3 is 2.75 bits per heavy atom. The number of rotatable bonds is 0. The van der Waals surface area contributed by atoms with Crippen molar-refractivity contribution in [2.75, 3.05) is 0 Å². The zero-order valence-electron chi connectivity index (χ0n) is 9.62. The number of aryl methyl sites for hydroxylation is 1. The van der Waals surface area contributed by atoms with Crippen molar-refractivity contribution in [3.8, 4) is 0 Å². The molecule has 0 spiro atoms. The van der Waals surface area contributed by atoms with Gasteiger partial charge in [-0.15, -0.1) is 0 Å². The highest BCUT2D eigenvalue weighted by Crippen LogP contribution is 2.42. The summed E-state index contributed by atoms with van der Waals surface area (Å²) in [4.78, 5) is 11.8. The predicted octanol–water partition coefficient (Wildman–Crippen LogP) is 3.39. The van der Waals surface area contributed by atoms with E-state index in [0.717, 1.165) is 18.4 Å². The van der Waals surface area contributed by atoms with Crippen LogP contribution < -0.4 is 0 Å². The maximum atomic E-state index is 11.8. The predicted molar refractivity (Wildman–Crippen MR) is 65.1 cm³/mol. The van der Waals surface area contributed by atoms with E-state index in [1.54, 1.807) is 0 Å². The van der Waals surface area contributed by atoms with Crippen LogP contribution in [0, 0.1) is 5.92 Å². The van der Waals surface area contributed by atoms with E-state index in [4.69, 9.17) is 0 Å². The van der Waals surface area contributed by atoms with Crippen molar-refractivity contribution in [3.05, 3.63) is 41.0 Å². The van der Waals surface area contributed by atoms with E-state index in [9.17, 15) is 4.79 Å². The maximum absolute atomic E-state index is 11.8. The first kappa shape index (κ1) is 9.83. The standard InChI is InChI=1S/C15H16O/c1-10-14(16)9-8-12-7-6-11-4-2-3-5-13(11)15(10)12/h2-5,12H,6-9H2,1H3. The molecular weight excluding hydrogens is 196 g/mol. The molecule has 1 aromatic carbocycles. The molecule has 1 heteroatoms. The Morgan fingerprint density at radius 2 is 1.88 bits per heavy atom. The van der Waals surface area contributed by atoms with Crippen LogP contribution in [0.25, 0.3) is 5.57 Å². The summed E-state index contributed by atoms with van der Waals surface area (Å²) >= 11 is 0. The van der Waals surface area contributed by atoms with E-state index in [2.05, 4.69) is 24.3 Å². The lowest BCUT2D eigenvalue weighted by Gasteiger charge is -2.32. The SMILES string of the molecule is CC1=C2c3ccccc3CCC2CCC1=O. The summed E-state index contributed by atoms with van der Waals surface area (Å²) < 4.78 is 0. The molecule has 0 heterocycles. The molecule has 0 bridgehead atoms. The molecule has 2 aliphatic carbocycles. The van der Waals surface area contributed by atoms with Gasteiger partial charge in [0.25, 0.3) is 0 Å². The highest BCUT2D eigenvalue weighted by molar-refractivity contribution is 6.04. The van der Waals surface area contributed by atoms with E-state index >= 15 is 0 Å². The minimum absolute atomic E-state index is 0.350. The Kier molecular flexibility index (Phi) is 2.20. The average molecular weight is 212 g/mol. The number of carbonyl (C=O) groups is 1. The van der Waals surface area contributed by atoms with Crippen LogP contribution in [0.3, 0.4) is 0 Å². The van der Waals surface area contributed by atoms with Crippen LogP contribution in [-0.4, -0.2) is 5.78 Å². The third-order valence-corrected chi connectivity index (χ3v) is 4.02. The topological polar surface area (TPSA) is 17.1 Å². The molecule has 2 aliphatic rings. The van der Waals surface area contributed by atoms with Crippen LogP contribution in [0.15, 0.2) is 29.8 Å². The molecule has 0 aliphatic heterocycles. The summed E-state index contributed by atoms with van der Waals surface area (Å²) in [6, 6.07) is 8.56. The molecule has 0 aromatic heterocycles. The van der Waals surface area contributed by atoms with Crippen LogP contribution in [0.2, 0.25) is 0 Å². The average Bonchev–Trinajstić information content (AvgIpc) is 2.33. The highest BCUT2D eigenvalue weighted by Gasteiger charge is 2.30. The largest absolute Gasteiger partial charge is 0.295 e. The molecule has 3 rings (SSSR count). The van der Waals surface area contributed by atoms with Gasteiger partial charge in [-0.3, -0.25) is 4.79 Å². The maximum Gasteiger partial charge on any atom is 0.158 e. The molecule has 0 saturated heterocycles. The first-order chi connectivity index (χ1) is 7.77. The van der Waals surface area contributed by atoms with Gasteiger partial charge in [0, 0.05) is 6.42 Å². The fraction of sp³-hybridized carbons (Fsp3) is 0.400. The van der Waals surface area contributed by atoms with Gasteiger partial charge < -0.3 is 0 Å². The first-order valence-electron chi connectivity index (χ1n) is 6.09. The van der Waals surface area contributed by atoms with Gasteiger partial charge in [-0.05, 0) is 54.4 Å². The second-order valence-corrected chi connectivity index (χ2v) is 4.89. The Hall–Kier alpha value is -1.37. The van der Waals surface area contributed by atoms with Crippen molar-refractivity contribution < 1.29 is 4.79 Å². The zero-order valence-corrected chi connectivity index (χ0v) is 9.62. The number of Topliss-reactive ketones (excluding diaryl/α,β-unsaturated/α-hetero) is 1. The van der Waals surface area contributed by atoms with Gasteiger partial charge in [0.15, 0.2) is 5.78 Å². The normalized spacial score (nSPS) is 24.1. The lowest BCUT2D eigenvalue weighted by molar-refractivity contribution is -0.116. The Bertz CT molecular complexity index is 482. The lowest BCUT2D eigenvalue weighted by atomic mass is 9.71. The fourth-order valence-electron chi connectivity index (χ4n) is 3.13. The van der Waals surface area contributed by atoms with Crippen molar-refractivity contribution in [1.82, 2.24) is 0 Å². The van der Waals surface area contributed by atoms with Gasteiger partial charge in [0.05, 0.1) is 0 Å². The Morgan fingerprint density at radius 1 is 1.12 bits per heavy atom. The molecule has 16 heavy (non-hydrogen) atoms. The molecule has 0 saturated carbocycles. The van der Waals surface area contributed by atoms with Crippen LogP contribution in [0.4, 0.5) is 0 Å². The van der Waals surface area contributed by atoms with Gasteiger partial charge in [0.1, 0.15) is 0 Å². The molecule has 1 unspecified atom stereocenters. The number of fused-ring (bicyclic) bond motifs is 3. The summed E-state index contributed by atoms with van der Waals surface area (Å²) in [5.41, 5.74) is 5.12. The summed E-state index contributed by atoms with van der Waals surface area (Å²) in [6.45, 7) is 2.01. The fourth-order valence-corrected chi connectivity index (χ4v) is 3.13. The third-order valence-electron chi connectivity index (χ3n) is 4.02. The van der Waals surface area contributed by atoms with Crippen LogP contribution >= 0.6 is 0 Å². The van der Waals surface area contributed by atoms with Crippen molar-refractivity contribution in [1.29, 1.82) is 0 Å². The monoisotopic (exact) mass is 212 g/mol. The van der Waals surface area contributed by atoms with Gasteiger partial charge in [-0.25, -0.2) is 0 Å². The number of benzene rings is 1. The minimum atomic E-state index is 0.350. The number of allylic oxidation sites excluding steroid dienone is 2. The molecule has 0 fully saturated rings. The second-order valence-electron chi connectivity index (χ2n) is 4.89. The van der Waals surface area contributed by atoms with E-state index in [1.807, 2.05) is 6.92 Å². The molecule has 0 N–H and O–H groups in total. The lowest BCUT2D eigenvalue weighted by Crippen LogP contribution is -2.22. The number of carbonyl (C=O) groups excluding carboxylic acids is 1. The molecule has 1 atom stereocenters. The van der Waals surface area contributed by atoms with E-state index in [-0.39, 0.29) is 0 Å². The molecule has 1 aromatic rings. The number of hydrogen-bond acceptors (Lipinski definition) is 1. The summed E-state index contributed by atoms with van der Waals surface area (Å²) in [5, 5.41) is 0. The smallest absolute Gasteiger partial charge is 0.158 e. The van der Waals surface area contributed by atoms with Crippen molar-refractivity contribution >= 4 is 11.4 Å². The molecule has 82 valence electrons. The quantitative estimate of drug-likeness (QED) is 0.644. The number of ketones is 1. The van der Waals surface area contributed by atoms with Gasteiger partial charge in [0.2, 0.25) is 0 Å². The Labute approximate surface area is 96.2 Å².